The van der Waals surface area contributed by atoms with Crippen LogP contribution < -0.4 is 5.32 Å². The van der Waals surface area contributed by atoms with E-state index >= 15 is 0 Å². The van der Waals surface area contributed by atoms with Crippen LogP contribution in [0, 0.1) is 6.92 Å². The van der Waals surface area contributed by atoms with Crippen LogP contribution in [-0.4, -0.2) is 21.1 Å². The second kappa shape index (κ2) is 7.14. The van der Waals surface area contributed by atoms with E-state index in [0.717, 1.165) is 28.9 Å². The fraction of sp³-hybridized carbons (Fsp3) is 0.190. The Balaban J connectivity index is 1.67. The molecule has 1 aliphatic rings. The zero-order valence-corrected chi connectivity index (χ0v) is 16.1. The molecule has 5 heteroatoms. The Labute approximate surface area is 164 Å². The standard InChI is InChI=1S/C21H20ClN3S/c1-15-4-2-5-18(14-15)23-21(26)25-13-12-24-11-3-6-19(24)20(25)16-7-9-17(22)10-8-16/h2-11,14,20H,12-13H2,1H3,(H,23,26)/t20-/m1/s1. The number of rotatable bonds is 2. The smallest absolute Gasteiger partial charge is 0.174 e. The Morgan fingerprint density at radius 3 is 2.65 bits per heavy atom. The van der Waals surface area contributed by atoms with Gasteiger partial charge in [-0.05, 0) is 66.7 Å². The van der Waals surface area contributed by atoms with Crippen molar-refractivity contribution in [1.29, 1.82) is 0 Å². The summed E-state index contributed by atoms with van der Waals surface area (Å²) < 4.78 is 2.30. The first-order valence-corrected chi connectivity index (χ1v) is 9.45. The predicted octanol–water partition coefficient (Wildman–Crippen LogP) is 5.25. The molecule has 0 amide bonds. The van der Waals surface area contributed by atoms with Crippen molar-refractivity contribution in [3.05, 3.63) is 88.7 Å². The minimum Gasteiger partial charge on any atom is -0.348 e. The maximum Gasteiger partial charge on any atom is 0.174 e. The van der Waals surface area contributed by atoms with Crippen LogP contribution in [0.4, 0.5) is 5.69 Å². The van der Waals surface area contributed by atoms with Crippen LogP contribution in [-0.2, 0) is 6.54 Å². The first kappa shape index (κ1) is 17.1. The average Bonchev–Trinajstić information content (AvgIpc) is 3.10. The zero-order chi connectivity index (χ0) is 18.1. The molecule has 0 aliphatic carbocycles. The molecule has 1 atom stereocenters. The van der Waals surface area contributed by atoms with Crippen molar-refractivity contribution in [3.8, 4) is 0 Å². The van der Waals surface area contributed by atoms with Gasteiger partial charge in [0.2, 0.25) is 0 Å². The van der Waals surface area contributed by atoms with Crippen LogP contribution in [0.5, 0.6) is 0 Å². The lowest BCUT2D eigenvalue weighted by Gasteiger charge is -2.39. The molecule has 0 spiro atoms. The molecule has 2 heterocycles. The minimum atomic E-state index is 0.0702. The quantitative estimate of drug-likeness (QED) is 0.612. The molecule has 4 rings (SSSR count). The third kappa shape index (κ3) is 3.35. The number of halogens is 1. The van der Waals surface area contributed by atoms with Crippen molar-refractivity contribution in [2.45, 2.75) is 19.5 Å². The summed E-state index contributed by atoms with van der Waals surface area (Å²) in [5.74, 6) is 0. The van der Waals surface area contributed by atoms with Gasteiger partial charge in [0, 0.05) is 35.7 Å². The Morgan fingerprint density at radius 1 is 1.08 bits per heavy atom. The first-order valence-electron chi connectivity index (χ1n) is 8.66. The topological polar surface area (TPSA) is 20.2 Å². The Morgan fingerprint density at radius 2 is 1.88 bits per heavy atom. The largest absolute Gasteiger partial charge is 0.348 e. The maximum atomic E-state index is 6.09. The van der Waals surface area contributed by atoms with E-state index < -0.39 is 0 Å². The summed E-state index contributed by atoms with van der Waals surface area (Å²) in [7, 11) is 0. The number of aryl methyl sites for hydroxylation is 1. The van der Waals surface area contributed by atoms with Crippen molar-refractivity contribution in [2.24, 2.45) is 0 Å². The lowest BCUT2D eigenvalue weighted by Crippen LogP contribution is -2.44. The number of nitrogens with one attached hydrogen (secondary N) is 1. The van der Waals surface area contributed by atoms with Crippen LogP contribution in [0.3, 0.4) is 0 Å². The number of fused-ring (bicyclic) bond motifs is 1. The molecular formula is C21H20ClN3S. The van der Waals surface area contributed by atoms with E-state index in [4.69, 9.17) is 23.8 Å². The summed E-state index contributed by atoms with van der Waals surface area (Å²) in [6.07, 6.45) is 2.13. The summed E-state index contributed by atoms with van der Waals surface area (Å²) in [6.45, 7) is 3.85. The summed E-state index contributed by atoms with van der Waals surface area (Å²) in [4.78, 5) is 2.26. The van der Waals surface area contributed by atoms with Gasteiger partial charge in [0.25, 0.3) is 0 Å². The number of nitrogens with zero attached hydrogens (tertiary/aromatic N) is 2. The monoisotopic (exact) mass is 381 g/mol. The van der Waals surface area contributed by atoms with E-state index in [-0.39, 0.29) is 6.04 Å². The van der Waals surface area contributed by atoms with Gasteiger partial charge in [0.15, 0.2) is 5.11 Å². The van der Waals surface area contributed by atoms with E-state index in [1.54, 1.807) is 0 Å². The highest BCUT2D eigenvalue weighted by Gasteiger charge is 2.30. The van der Waals surface area contributed by atoms with Gasteiger partial charge >= 0.3 is 0 Å². The van der Waals surface area contributed by atoms with Crippen LogP contribution in [0.2, 0.25) is 5.02 Å². The van der Waals surface area contributed by atoms with Gasteiger partial charge in [-0.15, -0.1) is 0 Å². The first-order chi connectivity index (χ1) is 12.6. The number of benzene rings is 2. The summed E-state index contributed by atoms with van der Waals surface area (Å²) >= 11 is 11.9. The summed E-state index contributed by atoms with van der Waals surface area (Å²) in [6, 6.07) is 20.6. The highest BCUT2D eigenvalue weighted by molar-refractivity contribution is 7.80. The molecule has 3 aromatic rings. The number of thiocarbonyl (C=S) groups is 1. The molecule has 132 valence electrons. The van der Waals surface area contributed by atoms with E-state index in [1.165, 1.54) is 16.8 Å². The van der Waals surface area contributed by atoms with Gasteiger partial charge in [-0.25, -0.2) is 0 Å². The van der Waals surface area contributed by atoms with Crippen LogP contribution in [0.25, 0.3) is 0 Å². The summed E-state index contributed by atoms with van der Waals surface area (Å²) in [5.41, 5.74) is 4.65. The second-order valence-corrected chi connectivity index (χ2v) is 7.40. The van der Waals surface area contributed by atoms with Crippen molar-refractivity contribution in [1.82, 2.24) is 9.47 Å². The normalized spacial score (nSPS) is 16.2. The van der Waals surface area contributed by atoms with Crippen molar-refractivity contribution < 1.29 is 0 Å². The molecule has 1 aromatic heterocycles. The fourth-order valence-electron chi connectivity index (χ4n) is 3.52. The van der Waals surface area contributed by atoms with Crippen molar-refractivity contribution in [2.75, 3.05) is 11.9 Å². The molecule has 0 radical (unpaired) electrons. The number of anilines is 1. The minimum absolute atomic E-state index is 0.0702. The third-order valence-corrected chi connectivity index (χ3v) is 5.34. The molecule has 0 unspecified atom stereocenters. The van der Waals surface area contributed by atoms with Gasteiger partial charge in [-0.1, -0.05) is 35.9 Å². The van der Waals surface area contributed by atoms with Gasteiger partial charge in [-0.3, -0.25) is 0 Å². The van der Waals surface area contributed by atoms with Crippen LogP contribution in [0.15, 0.2) is 66.9 Å². The van der Waals surface area contributed by atoms with Crippen molar-refractivity contribution in [3.63, 3.8) is 0 Å². The Hall–Kier alpha value is -2.30. The molecule has 1 N–H and O–H groups in total. The molecule has 0 fully saturated rings. The molecule has 26 heavy (non-hydrogen) atoms. The lowest BCUT2D eigenvalue weighted by atomic mass is 10.0. The summed E-state index contributed by atoms with van der Waals surface area (Å²) in [5, 5.41) is 4.89. The van der Waals surface area contributed by atoms with Crippen LogP contribution in [0.1, 0.15) is 22.9 Å². The molecular weight excluding hydrogens is 362 g/mol. The van der Waals surface area contributed by atoms with Gasteiger partial charge in [0.1, 0.15) is 0 Å². The van der Waals surface area contributed by atoms with Gasteiger partial charge < -0.3 is 14.8 Å². The Bertz CT molecular complexity index is 932. The number of hydrogen-bond donors (Lipinski definition) is 1. The average molecular weight is 382 g/mol. The molecule has 0 saturated carbocycles. The van der Waals surface area contributed by atoms with E-state index in [2.05, 4.69) is 64.3 Å². The fourth-order valence-corrected chi connectivity index (χ4v) is 3.96. The molecule has 3 nitrogen and oxygen atoms in total. The number of aromatic nitrogens is 1. The molecule has 0 saturated heterocycles. The highest BCUT2D eigenvalue weighted by Crippen LogP contribution is 2.33. The highest BCUT2D eigenvalue weighted by atomic mass is 35.5. The SMILES string of the molecule is Cc1cccc(NC(=S)N2CCn3cccc3[C@H]2c2ccc(Cl)cc2)c1. The second-order valence-electron chi connectivity index (χ2n) is 6.57. The van der Waals surface area contributed by atoms with Crippen molar-refractivity contribution >= 4 is 34.6 Å². The predicted molar refractivity (Wildman–Crippen MR) is 112 cm³/mol. The van der Waals surface area contributed by atoms with Gasteiger partial charge in [-0.2, -0.15) is 0 Å². The molecule has 0 bridgehead atoms. The molecule has 2 aromatic carbocycles. The van der Waals surface area contributed by atoms with E-state index in [1.807, 2.05) is 24.3 Å². The van der Waals surface area contributed by atoms with E-state index in [0.29, 0.717) is 0 Å². The Kier molecular flexibility index (Phi) is 4.70. The number of hydrogen-bond acceptors (Lipinski definition) is 1. The zero-order valence-electron chi connectivity index (χ0n) is 14.5. The maximum absolute atomic E-state index is 6.09. The van der Waals surface area contributed by atoms with Gasteiger partial charge in [0.05, 0.1) is 6.04 Å². The molecule has 1 aliphatic heterocycles. The third-order valence-electron chi connectivity index (χ3n) is 4.75. The lowest BCUT2D eigenvalue weighted by molar-refractivity contribution is 0.293. The van der Waals surface area contributed by atoms with E-state index in [9.17, 15) is 0 Å². The van der Waals surface area contributed by atoms with Crippen LogP contribution >= 0.6 is 23.8 Å².